The maximum Gasteiger partial charge on any atom is 0.238 e. The first-order valence-corrected chi connectivity index (χ1v) is 8.66. The lowest BCUT2D eigenvalue weighted by Crippen LogP contribution is -2.48. The highest BCUT2D eigenvalue weighted by atomic mass is 19.1. The van der Waals surface area contributed by atoms with Gasteiger partial charge in [0, 0.05) is 31.7 Å². The van der Waals surface area contributed by atoms with Gasteiger partial charge in [-0.2, -0.15) is 0 Å². The van der Waals surface area contributed by atoms with Crippen LogP contribution in [0.1, 0.15) is 24.4 Å². The van der Waals surface area contributed by atoms with Crippen LogP contribution < -0.4 is 21.5 Å². The summed E-state index contributed by atoms with van der Waals surface area (Å²) >= 11 is 0. The van der Waals surface area contributed by atoms with E-state index in [-0.39, 0.29) is 29.7 Å². The summed E-state index contributed by atoms with van der Waals surface area (Å²) in [5.41, 5.74) is 6.49. The predicted octanol–water partition coefficient (Wildman–Crippen LogP) is -0.329. The quantitative estimate of drug-likeness (QED) is 0.529. The van der Waals surface area contributed by atoms with E-state index in [0.29, 0.717) is 31.6 Å². The maximum atomic E-state index is 13.8. The van der Waals surface area contributed by atoms with Crippen molar-refractivity contribution in [1.29, 1.82) is 0 Å². The molecular weight excluding hydrogens is 325 g/mol. The zero-order valence-corrected chi connectivity index (χ0v) is 14.1. The first kappa shape index (κ1) is 17.8. The van der Waals surface area contributed by atoms with Crippen molar-refractivity contribution in [2.45, 2.75) is 24.9 Å². The highest BCUT2D eigenvalue weighted by Crippen LogP contribution is 2.24. The van der Waals surface area contributed by atoms with Gasteiger partial charge in [0.15, 0.2) is 0 Å². The fraction of sp³-hybridized carbons (Fsp3) is 0.529. The molecule has 4 N–H and O–H groups in total. The van der Waals surface area contributed by atoms with Crippen LogP contribution in [0.4, 0.5) is 4.39 Å². The van der Waals surface area contributed by atoms with Crippen LogP contribution in [0.2, 0.25) is 0 Å². The van der Waals surface area contributed by atoms with Crippen LogP contribution in [0.25, 0.3) is 0 Å². The molecule has 7 nitrogen and oxygen atoms in total. The van der Waals surface area contributed by atoms with Gasteiger partial charge in [0.25, 0.3) is 0 Å². The van der Waals surface area contributed by atoms with Crippen LogP contribution in [-0.4, -0.2) is 55.5 Å². The summed E-state index contributed by atoms with van der Waals surface area (Å²) in [6.07, 6.45) is 1.29. The van der Waals surface area contributed by atoms with Gasteiger partial charge in [0.1, 0.15) is 11.9 Å². The van der Waals surface area contributed by atoms with E-state index in [0.717, 1.165) is 19.5 Å². The number of rotatable bonds is 6. The molecule has 136 valence electrons. The Bertz CT molecular complexity index is 627. The second kappa shape index (κ2) is 8.37. The van der Waals surface area contributed by atoms with Gasteiger partial charge in [-0.05, 0) is 18.9 Å². The number of hydrogen-bond donors (Lipinski definition) is 4. The number of nitrogens with one attached hydrogen (secondary N) is 4. The van der Waals surface area contributed by atoms with E-state index in [9.17, 15) is 14.0 Å². The SMILES string of the molecule is O=C1CN(CCCNC(=O)C2CC(c3ccccc3F)NN2)CCN1. The molecule has 2 aliphatic heterocycles. The van der Waals surface area contributed by atoms with Crippen molar-refractivity contribution in [3.63, 3.8) is 0 Å². The molecule has 0 saturated carbocycles. The van der Waals surface area contributed by atoms with Gasteiger partial charge in [0.05, 0.1) is 12.6 Å². The minimum absolute atomic E-state index is 0.0516. The van der Waals surface area contributed by atoms with Crippen LogP contribution in [0.5, 0.6) is 0 Å². The molecule has 0 radical (unpaired) electrons. The van der Waals surface area contributed by atoms with Crippen molar-refractivity contribution in [2.24, 2.45) is 0 Å². The van der Waals surface area contributed by atoms with E-state index in [1.807, 2.05) is 0 Å². The Morgan fingerprint density at radius 1 is 1.32 bits per heavy atom. The highest BCUT2D eigenvalue weighted by molar-refractivity contribution is 5.82. The molecule has 3 rings (SSSR count). The van der Waals surface area contributed by atoms with Crippen LogP contribution in [-0.2, 0) is 9.59 Å². The molecule has 2 amide bonds. The molecule has 2 aliphatic rings. The lowest BCUT2D eigenvalue weighted by Gasteiger charge is -2.26. The van der Waals surface area contributed by atoms with E-state index >= 15 is 0 Å². The third-order valence-electron chi connectivity index (χ3n) is 4.57. The van der Waals surface area contributed by atoms with Crippen LogP contribution >= 0.6 is 0 Å². The van der Waals surface area contributed by atoms with E-state index < -0.39 is 0 Å². The zero-order valence-electron chi connectivity index (χ0n) is 14.1. The summed E-state index contributed by atoms with van der Waals surface area (Å²) in [6.45, 7) is 3.28. The first-order valence-electron chi connectivity index (χ1n) is 8.66. The van der Waals surface area contributed by atoms with Crippen LogP contribution in [0.15, 0.2) is 24.3 Å². The van der Waals surface area contributed by atoms with E-state index in [1.165, 1.54) is 6.07 Å². The predicted molar refractivity (Wildman–Crippen MR) is 90.9 cm³/mol. The molecule has 2 fully saturated rings. The Hall–Kier alpha value is -2.03. The van der Waals surface area contributed by atoms with E-state index in [1.54, 1.807) is 18.2 Å². The number of carbonyl (C=O) groups is 2. The van der Waals surface area contributed by atoms with Crippen molar-refractivity contribution < 1.29 is 14.0 Å². The number of benzene rings is 1. The number of hydrogen-bond acceptors (Lipinski definition) is 5. The summed E-state index contributed by atoms with van der Waals surface area (Å²) in [5, 5.41) is 5.69. The average molecular weight is 349 g/mol. The smallest absolute Gasteiger partial charge is 0.238 e. The fourth-order valence-corrected chi connectivity index (χ4v) is 3.21. The third kappa shape index (κ3) is 4.75. The molecule has 0 bridgehead atoms. The summed E-state index contributed by atoms with van der Waals surface area (Å²) < 4.78 is 13.8. The number of nitrogens with zero attached hydrogens (tertiary/aromatic N) is 1. The lowest BCUT2D eigenvalue weighted by molar-refractivity contribution is -0.124. The standard InChI is InChI=1S/C17H24FN5O2/c18-13-5-2-1-4-12(13)14-10-15(22-21-14)17(25)20-6-3-8-23-9-7-19-16(24)11-23/h1-2,4-5,14-15,21-22H,3,6-11H2,(H,19,24)(H,20,25). The Balaban J connectivity index is 1.38. The van der Waals surface area contributed by atoms with Crippen molar-refractivity contribution in [3.05, 3.63) is 35.6 Å². The molecule has 0 spiro atoms. The molecule has 2 saturated heterocycles. The van der Waals surface area contributed by atoms with Gasteiger partial charge in [0.2, 0.25) is 11.8 Å². The summed E-state index contributed by atoms with van der Waals surface area (Å²) in [4.78, 5) is 25.6. The van der Waals surface area contributed by atoms with Crippen molar-refractivity contribution in [3.8, 4) is 0 Å². The van der Waals surface area contributed by atoms with Crippen molar-refractivity contribution >= 4 is 11.8 Å². The largest absolute Gasteiger partial charge is 0.355 e. The van der Waals surface area contributed by atoms with Gasteiger partial charge in [-0.15, -0.1) is 0 Å². The molecule has 25 heavy (non-hydrogen) atoms. The number of piperazine rings is 1. The molecule has 2 unspecified atom stereocenters. The number of hydrazine groups is 1. The molecule has 1 aromatic rings. The number of amides is 2. The first-order chi connectivity index (χ1) is 12.1. The summed E-state index contributed by atoms with van der Waals surface area (Å²) in [7, 11) is 0. The monoisotopic (exact) mass is 349 g/mol. The van der Waals surface area contributed by atoms with Gasteiger partial charge in [-0.1, -0.05) is 18.2 Å². The topological polar surface area (TPSA) is 85.5 Å². The zero-order chi connectivity index (χ0) is 17.6. The Labute approximate surface area is 146 Å². The molecular formula is C17H24FN5O2. The average Bonchev–Trinajstić information content (AvgIpc) is 3.09. The van der Waals surface area contributed by atoms with Crippen molar-refractivity contribution in [2.75, 3.05) is 32.7 Å². The molecule has 8 heteroatoms. The molecule has 1 aromatic carbocycles. The maximum absolute atomic E-state index is 13.8. The normalized spacial score (nSPS) is 24.1. The molecule has 2 heterocycles. The minimum atomic E-state index is -0.384. The second-order valence-electron chi connectivity index (χ2n) is 6.42. The second-order valence-corrected chi connectivity index (χ2v) is 6.42. The summed E-state index contributed by atoms with van der Waals surface area (Å²) in [6, 6.07) is 5.98. The van der Waals surface area contributed by atoms with Crippen LogP contribution in [0.3, 0.4) is 0 Å². The van der Waals surface area contributed by atoms with Gasteiger partial charge < -0.3 is 10.6 Å². The number of carbonyl (C=O) groups excluding carboxylic acids is 2. The van der Waals surface area contributed by atoms with Gasteiger partial charge in [-0.3, -0.25) is 14.5 Å². The lowest BCUT2D eigenvalue weighted by atomic mass is 10.0. The minimum Gasteiger partial charge on any atom is -0.355 e. The Morgan fingerprint density at radius 2 is 2.16 bits per heavy atom. The third-order valence-corrected chi connectivity index (χ3v) is 4.57. The van der Waals surface area contributed by atoms with Gasteiger partial charge >= 0.3 is 0 Å². The van der Waals surface area contributed by atoms with Gasteiger partial charge in [-0.25, -0.2) is 15.2 Å². The van der Waals surface area contributed by atoms with E-state index in [4.69, 9.17) is 0 Å². The van der Waals surface area contributed by atoms with Crippen molar-refractivity contribution in [1.82, 2.24) is 26.4 Å². The molecule has 0 aromatic heterocycles. The Morgan fingerprint density at radius 3 is 2.96 bits per heavy atom. The van der Waals surface area contributed by atoms with Crippen LogP contribution in [0, 0.1) is 5.82 Å². The summed E-state index contributed by atoms with van der Waals surface area (Å²) in [5.74, 6) is -0.313. The van der Waals surface area contributed by atoms with E-state index in [2.05, 4.69) is 26.4 Å². The number of halogens is 1. The molecule has 2 atom stereocenters. The fourth-order valence-electron chi connectivity index (χ4n) is 3.21. The highest BCUT2D eigenvalue weighted by Gasteiger charge is 2.31. The Kier molecular flexibility index (Phi) is 5.95. The molecule has 0 aliphatic carbocycles.